The molecule has 1 fully saturated rings. The Bertz CT molecular complexity index is 1310. The average Bonchev–Trinajstić information content (AvgIpc) is 3.14. The molecule has 0 bridgehead atoms. The predicted molar refractivity (Wildman–Crippen MR) is 130 cm³/mol. The third-order valence-corrected chi connectivity index (χ3v) is 7.34. The highest BCUT2D eigenvalue weighted by atomic mass is 19.1. The molecule has 5 rings (SSSR count). The van der Waals surface area contributed by atoms with E-state index in [2.05, 4.69) is 5.32 Å². The van der Waals surface area contributed by atoms with Gasteiger partial charge >= 0.3 is 6.03 Å². The quantitative estimate of drug-likeness (QED) is 0.599. The highest BCUT2D eigenvalue weighted by molar-refractivity contribution is 5.93. The number of amides is 3. The van der Waals surface area contributed by atoms with E-state index in [1.165, 1.54) is 12.1 Å². The molecule has 2 N–H and O–H groups in total. The van der Waals surface area contributed by atoms with Crippen molar-refractivity contribution >= 4 is 28.5 Å². The summed E-state index contributed by atoms with van der Waals surface area (Å²) < 4.78 is 21.7. The first-order valence-corrected chi connectivity index (χ1v) is 11.7. The van der Waals surface area contributed by atoms with Crippen molar-refractivity contribution in [3.63, 3.8) is 0 Å². The molecular formula is C26H29FN4O4. The highest BCUT2D eigenvalue weighted by Gasteiger charge is 2.55. The largest absolute Gasteiger partial charge is 0.497 e. The minimum absolute atomic E-state index is 0.0609. The molecule has 1 atom stereocenters. The smallest absolute Gasteiger partial charge is 0.322 e. The van der Waals surface area contributed by atoms with E-state index in [0.717, 1.165) is 22.2 Å². The van der Waals surface area contributed by atoms with E-state index in [9.17, 15) is 19.1 Å². The molecule has 184 valence electrons. The lowest BCUT2D eigenvalue weighted by Gasteiger charge is -2.56. The Labute approximate surface area is 202 Å². The van der Waals surface area contributed by atoms with Crippen LogP contribution in [0.1, 0.15) is 30.6 Å². The van der Waals surface area contributed by atoms with Crippen molar-refractivity contribution in [2.24, 2.45) is 7.05 Å². The van der Waals surface area contributed by atoms with Gasteiger partial charge in [0.1, 0.15) is 11.6 Å². The van der Waals surface area contributed by atoms with E-state index >= 15 is 0 Å². The number of aromatic nitrogens is 1. The second kappa shape index (κ2) is 8.57. The Hall–Kier alpha value is -3.59. The summed E-state index contributed by atoms with van der Waals surface area (Å²) in [6.45, 7) is 2.77. The van der Waals surface area contributed by atoms with Gasteiger partial charge in [0, 0.05) is 50.2 Å². The normalized spacial score (nSPS) is 18.4. The summed E-state index contributed by atoms with van der Waals surface area (Å²) in [7, 11) is 3.51. The molecule has 0 saturated carbocycles. The lowest BCUT2D eigenvalue weighted by molar-refractivity contribution is -0.139. The first-order valence-electron chi connectivity index (χ1n) is 11.7. The predicted octanol–water partition coefficient (Wildman–Crippen LogP) is 3.40. The molecule has 2 aromatic carbocycles. The van der Waals surface area contributed by atoms with Gasteiger partial charge in [0.25, 0.3) is 0 Å². The molecule has 3 aromatic rings. The van der Waals surface area contributed by atoms with Crippen LogP contribution in [0.15, 0.2) is 42.5 Å². The van der Waals surface area contributed by atoms with Crippen LogP contribution in [0.3, 0.4) is 0 Å². The van der Waals surface area contributed by atoms with Gasteiger partial charge in [-0.15, -0.1) is 0 Å². The molecule has 35 heavy (non-hydrogen) atoms. The van der Waals surface area contributed by atoms with E-state index in [0.29, 0.717) is 31.8 Å². The van der Waals surface area contributed by atoms with Crippen LogP contribution in [0.5, 0.6) is 5.75 Å². The van der Waals surface area contributed by atoms with Gasteiger partial charge in [0.2, 0.25) is 5.91 Å². The lowest BCUT2D eigenvalue weighted by Crippen LogP contribution is -2.68. The van der Waals surface area contributed by atoms with Gasteiger partial charge in [-0.2, -0.15) is 0 Å². The monoisotopic (exact) mass is 480 g/mol. The molecule has 1 spiro atoms. The number of aryl methyl sites for hydroxylation is 1. The van der Waals surface area contributed by atoms with E-state index in [1.807, 2.05) is 36.7 Å². The van der Waals surface area contributed by atoms with Crippen molar-refractivity contribution in [2.75, 3.05) is 38.7 Å². The molecular weight excluding hydrogens is 451 g/mol. The summed E-state index contributed by atoms with van der Waals surface area (Å²) in [4.78, 5) is 29.3. The Morgan fingerprint density at radius 2 is 1.94 bits per heavy atom. The van der Waals surface area contributed by atoms with E-state index in [4.69, 9.17) is 4.74 Å². The number of ether oxygens (including phenoxy) is 1. The number of likely N-dealkylation sites (tertiary alicyclic amines) is 1. The fraction of sp³-hybridized carbons (Fsp3) is 0.385. The van der Waals surface area contributed by atoms with Gasteiger partial charge in [0.15, 0.2) is 0 Å². The molecule has 0 radical (unpaired) electrons. The number of aliphatic hydroxyl groups is 1. The van der Waals surface area contributed by atoms with Crippen molar-refractivity contribution in [1.29, 1.82) is 0 Å². The van der Waals surface area contributed by atoms with Crippen molar-refractivity contribution in [2.45, 2.75) is 24.8 Å². The minimum Gasteiger partial charge on any atom is -0.497 e. The van der Waals surface area contributed by atoms with Crippen LogP contribution < -0.4 is 10.1 Å². The lowest BCUT2D eigenvalue weighted by atomic mass is 9.68. The first-order chi connectivity index (χ1) is 16.8. The molecule has 1 saturated heterocycles. The summed E-state index contributed by atoms with van der Waals surface area (Å²) in [6, 6.07) is 10.7. The van der Waals surface area contributed by atoms with Gasteiger partial charge in [-0.25, -0.2) is 9.18 Å². The minimum atomic E-state index is -0.637. The third kappa shape index (κ3) is 3.53. The second-order valence-corrected chi connectivity index (χ2v) is 9.32. The molecule has 9 heteroatoms. The van der Waals surface area contributed by atoms with Gasteiger partial charge in [-0.1, -0.05) is 19.1 Å². The summed E-state index contributed by atoms with van der Waals surface area (Å²) in [5.41, 5.74) is 2.36. The summed E-state index contributed by atoms with van der Waals surface area (Å²) in [5.74, 6) is 0.232. The SMILES string of the molecule is CCC(=O)N1CC2(C1)CN(C(=O)Nc1ccccc1F)[C@@H](CO)c1c2c2ccc(OC)cc2n1C. The van der Waals surface area contributed by atoms with E-state index in [-0.39, 0.29) is 18.2 Å². The van der Waals surface area contributed by atoms with Gasteiger partial charge in [0.05, 0.1) is 36.4 Å². The zero-order chi connectivity index (χ0) is 24.9. The fourth-order valence-corrected chi connectivity index (χ4v) is 5.66. The highest BCUT2D eigenvalue weighted by Crippen LogP contribution is 2.49. The number of anilines is 1. The van der Waals surface area contributed by atoms with Crippen molar-refractivity contribution in [1.82, 2.24) is 14.4 Å². The number of halogens is 1. The number of aliphatic hydroxyl groups excluding tert-OH is 1. The number of nitrogens with zero attached hydrogens (tertiary/aromatic N) is 3. The average molecular weight is 481 g/mol. The maximum absolute atomic E-state index is 14.3. The van der Waals surface area contributed by atoms with Crippen LogP contribution in [0.2, 0.25) is 0 Å². The number of carbonyl (C=O) groups is 2. The number of rotatable bonds is 4. The summed E-state index contributed by atoms with van der Waals surface area (Å²) in [5, 5.41) is 14.2. The number of fused-ring (bicyclic) bond motifs is 4. The van der Waals surface area contributed by atoms with Crippen LogP contribution in [0, 0.1) is 5.82 Å². The van der Waals surface area contributed by atoms with Crippen molar-refractivity contribution in [3.05, 3.63) is 59.5 Å². The first kappa shape index (κ1) is 23.2. The fourth-order valence-electron chi connectivity index (χ4n) is 5.66. The van der Waals surface area contributed by atoms with Gasteiger partial charge in [-0.3, -0.25) is 4.79 Å². The number of carbonyl (C=O) groups excluding carboxylic acids is 2. The van der Waals surface area contributed by atoms with Crippen molar-refractivity contribution < 1.29 is 23.8 Å². The van der Waals surface area contributed by atoms with Gasteiger partial charge < -0.3 is 29.5 Å². The summed E-state index contributed by atoms with van der Waals surface area (Å²) >= 11 is 0. The Morgan fingerprint density at radius 3 is 2.60 bits per heavy atom. The summed E-state index contributed by atoms with van der Waals surface area (Å²) in [6.07, 6.45) is 0.409. The number of benzene rings is 2. The number of nitrogens with one attached hydrogen (secondary N) is 1. The molecule has 2 aliphatic heterocycles. The van der Waals surface area contributed by atoms with Crippen LogP contribution in [0.4, 0.5) is 14.9 Å². The Morgan fingerprint density at radius 1 is 1.20 bits per heavy atom. The Balaban J connectivity index is 1.62. The molecule has 3 heterocycles. The number of hydrogen-bond acceptors (Lipinski definition) is 4. The number of urea groups is 1. The molecule has 0 unspecified atom stereocenters. The number of hydrogen-bond donors (Lipinski definition) is 2. The van der Waals surface area contributed by atoms with Crippen LogP contribution in [0.25, 0.3) is 10.9 Å². The third-order valence-electron chi connectivity index (χ3n) is 7.34. The van der Waals surface area contributed by atoms with Crippen LogP contribution in [-0.4, -0.2) is 64.8 Å². The molecule has 8 nitrogen and oxygen atoms in total. The zero-order valence-electron chi connectivity index (χ0n) is 20.0. The zero-order valence-corrected chi connectivity index (χ0v) is 20.0. The maximum Gasteiger partial charge on any atom is 0.322 e. The van der Waals surface area contributed by atoms with E-state index < -0.39 is 23.3 Å². The maximum atomic E-state index is 14.3. The Kier molecular flexibility index (Phi) is 5.67. The van der Waals surface area contributed by atoms with Crippen LogP contribution in [-0.2, 0) is 17.3 Å². The molecule has 1 aromatic heterocycles. The van der Waals surface area contributed by atoms with Gasteiger partial charge in [-0.05, 0) is 29.8 Å². The second-order valence-electron chi connectivity index (χ2n) is 9.32. The number of para-hydroxylation sites is 1. The molecule has 0 aliphatic carbocycles. The van der Waals surface area contributed by atoms with Crippen LogP contribution >= 0.6 is 0 Å². The standard InChI is InChI=1S/C26H29FN4O4/c1-4-22(33)30-13-26(14-30)15-31(25(34)28-19-8-6-5-7-18(19)27)21(12-32)24-23(26)17-10-9-16(35-3)11-20(17)29(24)2/h5-11,21,32H,4,12-15H2,1-3H3,(H,28,34)/t21-/m0/s1. The number of methoxy groups -OCH3 is 1. The topological polar surface area (TPSA) is 87.0 Å². The molecule has 3 amide bonds. The molecule has 2 aliphatic rings. The van der Waals surface area contributed by atoms with E-state index in [1.54, 1.807) is 29.0 Å². The van der Waals surface area contributed by atoms with Crippen molar-refractivity contribution in [3.8, 4) is 5.75 Å².